The quantitative estimate of drug-likeness (QED) is 0.350. The molecule has 1 saturated carbocycles. The Morgan fingerprint density at radius 3 is 2.34 bits per heavy atom. The molecule has 1 fully saturated rings. The van der Waals surface area contributed by atoms with Gasteiger partial charge < -0.3 is 4.74 Å². The van der Waals surface area contributed by atoms with Crippen LogP contribution in [0.5, 0.6) is 0 Å². The summed E-state index contributed by atoms with van der Waals surface area (Å²) in [5.41, 5.74) is 6.40. The van der Waals surface area contributed by atoms with Crippen molar-refractivity contribution in [3.8, 4) is 0 Å². The zero-order valence-corrected chi connectivity index (χ0v) is 20.5. The van der Waals surface area contributed by atoms with E-state index < -0.39 is 17.4 Å². The zero-order valence-electron chi connectivity index (χ0n) is 20.5. The average molecular weight is 443 g/mol. The van der Waals surface area contributed by atoms with Crippen molar-refractivity contribution in [2.24, 2.45) is 23.7 Å². The van der Waals surface area contributed by atoms with Gasteiger partial charge in [0.1, 0.15) is 5.60 Å². The molecule has 1 aromatic rings. The Morgan fingerprint density at radius 1 is 1.09 bits per heavy atom. The van der Waals surface area contributed by atoms with Gasteiger partial charge in [-0.15, -0.1) is 0 Å². The normalized spacial score (nSPS) is 16.9. The lowest BCUT2D eigenvalue weighted by Gasteiger charge is -2.29. The summed E-state index contributed by atoms with van der Waals surface area (Å²) in [6.07, 6.45) is 9.87. The van der Waals surface area contributed by atoms with Crippen LogP contribution in [0.1, 0.15) is 78.7 Å². The Kier molecular flexibility index (Phi) is 10.4. The Bertz CT molecular complexity index is 731. The monoisotopic (exact) mass is 442 g/mol. The average Bonchev–Trinajstić information content (AvgIpc) is 3.22. The molecule has 2 atom stereocenters. The molecule has 1 amide bonds. The summed E-state index contributed by atoms with van der Waals surface area (Å²) in [4.78, 5) is 26.5. The van der Waals surface area contributed by atoms with E-state index in [0.717, 1.165) is 24.8 Å². The number of hydrogen-bond donors (Lipinski definition) is 2. The Morgan fingerprint density at radius 2 is 1.75 bits per heavy atom. The van der Waals surface area contributed by atoms with Crippen molar-refractivity contribution < 1.29 is 14.3 Å². The topological polar surface area (TPSA) is 67.4 Å². The van der Waals surface area contributed by atoms with Gasteiger partial charge in [-0.2, -0.15) is 0 Å². The maximum atomic E-state index is 13.3. The van der Waals surface area contributed by atoms with E-state index in [1.807, 2.05) is 63.3 Å². The highest BCUT2D eigenvalue weighted by atomic mass is 16.6. The van der Waals surface area contributed by atoms with E-state index in [1.54, 1.807) is 0 Å². The molecule has 1 aromatic carbocycles. The molecule has 0 aromatic heterocycles. The molecule has 0 saturated heterocycles. The standard InChI is InChI=1S/C27H42N2O3/c1-20(2)19-28-29-25(30)24(18-22-14-9-10-15-22)23(26(31)32-27(3,4)5)17-11-16-21-12-7-6-8-13-21/h6-8,11-13,16,20,22-24,28H,9-10,14-15,17-19H2,1-5H3,(H,29,30)/t23-,24+/m0/s1. The van der Waals surface area contributed by atoms with Crippen molar-refractivity contribution in [3.05, 3.63) is 42.0 Å². The summed E-state index contributed by atoms with van der Waals surface area (Å²) in [7, 11) is 0. The van der Waals surface area contributed by atoms with Gasteiger partial charge in [-0.1, -0.05) is 82.0 Å². The summed E-state index contributed by atoms with van der Waals surface area (Å²) >= 11 is 0. The summed E-state index contributed by atoms with van der Waals surface area (Å²) < 4.78 is 5.77. The van der Waals surface area contributed by atoms with Crippen LogP contribution in [-0.2, 0) is 14.3 Å². The highest BCUT2D eigenvalue weighted by Crippen LogP contribution is 2.35. The van der Waals surface area contributed by atoms with Crippen LogP contribution in [0.15, 0.2) is 36.4 Å². The first-order valence-electron chi connectivity index (χ1n) is 12.1. The van der Waals surface area contributed by atoms with E-state index in [9.17, 15) is 9.59 Å². The van der Waals surface area contributed by atoms with E-state index in [0.29, 0.717) is 24.8 Å². The van der Waals surface area contributed by atoms with Crippen LogP contribution in [0.4, 0.5) is 0 Å². The van der Waals surface area contributed by atoms with Crippen molar-refractivity contribution in [1.82, 2.24) is 10.9 Å². The minimum atomic E-state index is -0.594. The second-order valence-corrected chi connectivity index (χ2v) is 10.4. The predicted molar refractivity (Wildman–Crippen MR) is 130 cm³/mol. The van der Waals surface area contributed by atoms with Gasteiger partial charge in [0, 0.05) is 6.54 Å². The number of allylic oxidation sites excluding steroid dienone is 1. The van der Waals surface area contributed by atoms with E-state index in [2.05, 4.69) is 24.7 Å². The lowest BCUT2D eigenvalue weighted by molar-refractivity contribution is -0.164. The van der Waals surface area contributed by atoms with E-state index in [4.69, 9.17) is 4.74 Å². The second kappa shape index (κ2) is 12.8. The number of hydrazine groups is 1. The van der Waals surface area contributed by atoms with Gasteiger partial charge in [-0.3, -0.25) is 15.0 Å². The SMILES string of the molecule is CC(C)CNNC(=O)[C@H](CC1CCCC1)[C@H](CC=Cc1ccccc1)C(=O)OC(C)(C)C. The first-order valence-corrected chi connectivity index (χ1v) is 12.1. The van der Waals surface area contributed by atoms with Crippen LogP contribution in [-0.4, -0.2) is 24.0 Å². The van der Waals surface area contributed by atoms with Crippen molar-refractivity contribution in [2.45, 2.75) is 78.7 Å². The first kappa shape index (κ1) is 26.1. The number of rotatable bonds is 11. The first-order chi connectivity index (χ1) is 15.2. The smallest absolute Gasteiger partial charge is 0.310 e. The molecule has 0 bridgehead atoms. The van der Waals surface area contributed by atoms with E-state index >= 15 is 0 Å². The summed E-state index contributed by atoms with van der Waals surface area (Å²) in [6.45, 7) is 10.5. The van der Waals surface area contributed by atoms with Gasteiger partial charge in [-0.05, 0) is 51.0 Å². The van der Waals surface area contributed by atoms with Crippen molar-refractivity contribution in [3.63, 3.8) is 0 Å². The largest absolute Gasteiger partial charge is 0.460 e. The van der Waals surface area contributed by atoms with Crippen molar-refractivity contribution >= 4 is 18.0 Å². The fraction of sp³-hybridized carbons (Fsp3) is 0.630. The van der Waals surface area contributed by atoms with E-state index in [-0.39, 0.29) is 11.9 Å². The van der Waals surface area contributed by atoms with Crippen LogP contribution < -0.4 is 10.9 Å². The molecule has 178 valence electrons. The Balaban J connectivity index is 2.22. The summed E-state index contributed by atoms with van der Waals surface area (Å²) in [5.74, 6) is -0.444. The fourth-order valence-electron chi connectivity index (χ4n) is 4.21. The van der Waals surface area contributed by atoms with Gasteiger partial charge in [0.2, 0.25) is 5.91 Å². The van der Waals surface area contributed by atoms with Gasteiger partial charge in [0.15, 0.2) is 0 Å². The number of carbonyl (C=O) groups excluding carboxylic acids is 2. The maximum absolute atomic E-state index is 13.3. The molecule has 0 radical (unpaired) electrons. The van der Waals surface area contributed by atoms with Crippen molar-refractivity contribution in [2.75, 3.05) is 6.54 Å². The number of benzene rings is 1. The molecule has 1 aliphatic rings. The molecule has 0 heterocycles. The third kappa shape index (κ3) is 9.56. The third-order valence-corrected chi connectivity index (χ3v) is 5.82. The highest BCUT2D eigenvalue weighted by molar-refractivity contribution is 5.85. The van der Waals surface area contributed by atoms with Gasteiger partial charge >= 0.3 is 5.97 Å². The summed E-state index contributed by atoms with van der Waals surface area (Å²) in [5, 5.41) is 0. The van der Waals surface area contributed by atoms with Gasteiger partial charge in [-0.25, -0.2) is 5.43 Å². The number of hydrogen-bond acceptors (Lipinski definition) is 4. The molecule has 2 rings (SSSR count). The molecule has 32 heavy (non-hydrogen) atoms. The summed E-state index contributed by atoms with van der Waals surface area (Å²) in [6, 6.07) is 10.0. The molecule has 5 nitrogen and oxygen atoms in total. The molecule has 2 N–H and O–H groups in total. The molecular formula is C27H42N2O3. The molecular weight excluding hydrogens is 400 g/mol. The number of amides is 1. The number of carbonyl (C=O) groups is 2. The van der Waals surface area contributed by atoms with Crippen molar-refractivity contribution in [1.29, 1.82) is 0 Å². The predicted octanol–water partition coefficient (Wildman–Crippen LogP) is 5.52. The number of ether oxygens (including phenoxy) is 1. The van der Waals surface area contributed by atoms with Crippen LogP contribution in [0.25, 0.3) is 6.08 Å². The minimum absolute atomic E-state index is 0.110. The van der Waals surface area contributed by atoms with Crippen LogP contribution >= 0.6 is 0 Å². The van der Waals surface area contributed by atoms with Gasteiger partial charge in [0.25, 0.3) is 0 Å². The molecule has 5 heteroatoms. The number of nitrogens with one attached hydrogen (secondary N) is 2. The fourth-order valence-corrected chi connectivity index (χ4v) is 4.21. The maximum Gasteiger partial charge on any atom is 0.310 e. The lowest BCUT2D eigenvalue weighted by Crippen LogP contribution is -2.47. The Labute approximate surface area is 194 Å². The number of esters is 1. The lowest BCUT2D eigenvalue weighted by atomic mass is 9.81. The van der Waals surface area contributed by atoms with E-state index in [1.165, 1.54) is 12.8 Å². The van der Waals surface area contributed by atoms with Crippen LogP contribution in [0, 0.1) is 23.7 Å². The molecule has 0 spiro atoms. The van der Waals surface area contributed by atoms with Crippen LogP contribution in [0.2, 0.25) is 0 Å². The molecule has 0 aliphatic heterocycles. The van der Waals surface area contributed by atoms with Crippen LogP contribution in [0.3, 0.4) is 0 Å². The minimum Gasteiger partial charge on any atom is -0.460 e. The molecule has 1 aliphatic carbocycles. The Hall–Kier alpha value is -2.14. The zero-order chi connectivity index (χ0) is 23.6. The third-order valence-electron chi connectivity index (χ3n) is 5.82. The molecule has 0 unspecified atom stereocenters. The van der Waals surface area contributed by atoms with Gasteiger partial charge in [0.05, 0.1) is 11.8 Å². The second-order valence-electron chi connectivity index (χ2n) is 10.4. The highest BCUT2D eigenvalue weighted by Gasteiger charge is 2.37.